The SMILES string of the molecule is CCOCC(=O)N1Cc2nn(-c3ccc(C)cc3)c(-n3cccc3)c2C1. The second-order valence-corrected chi connectivity index (χ2v) is 6.47. The van der Waals surface area contributed by atoms with Crippen LogP contribution in [0.4, 0.5) is 0 Å². The van der Waals surface area contributed by atoms with Crippen molar-refractivity contribution in [1.29, 1.82) is 0 Å². The molecule has 0 fully saturated rings. The Hall–Kier alpha value is -2.86. The van der Waals surface area contributed by atoms with Gasteiger partial charge in [0.05, 0.1) is 24.5 Å². The maximum absolute atomic E-state index is 12.3. The smallest absolute Gasteiger partial charge is 0.249 e. The van der Waals surface area contributed by atoms with Crippen molar-refractivity contribution in [3.63, 3.8) is 0 Å². The Morgan fingerprint density at radius 3 is 2.58 bits per heavy atom. The highest BCUT2D eigenvalue weighted by Crippen LogP contribution is 2.30. The van der Waals surface area contributed by atoms with Crippen LogP contribution in [0.25, 0.3) is 11.5 Å². The van der Waals surface area contributed by atoms with Crippen molar-refractivity contribution in [2.24, 2.45) is 0 Å². The van der Waals surface area contributed by atoms with E-state index in [2.05, 4.69) is 35.8 Å². The molecule has 0 aliphatic carbocycles. The average molecular weight is 350 g/mol. The van der Waals surface area contributed by atoms with Gasteiger partial charge in [-0.05, 0) is 38.1 Å². The number of ether oxygens (including phenoxy) is 1. The van der Waals surface area contributed by atoms with Gasteiger partial charge in [0.2, 0.25) is 5.91 Å². The molecule has 2 aromatic heterocycles. The Morgan fingerprint density at radius 2 is 1.88 bits per heavy atom. The van der Waals surface area contributed by atoms with E-state index in [4.69, 9.17) is 9.84 Å². The lowest BCUT2D eigenvalue weighted by molar-refractivity contribution is -0.136. The Labute approximate surface area is 152 Å². The predicted octanol–water partition coefficient (Wildman–Crippen LogP) is 2.85. The van der Waals surface area contributed by atoms with Crippen LogP contribution in [0.5, 0.6) is 0 Å². The highest BCUT2D eigenvalue weighted by atomic mass is 16.5. The summed E-state index contributed by atoms with van der Waals surface area (Å²) in [6.07, 6.45) is 4.01. The zero-order valence-electron chi connectivity index (χ0n) is 15.1. The molecule has 0 atom stereocenters. The summed E-state index contributed by atoms with van der Waals surface area (Å²) < 4.78 is 9.29. The van der Waals surface area contributed by atoms with Crippen molar-refractivity contribution < 1.29 is 9.53 Å². The van der Waals surface area contributed by atoms with Crippen molar-refractivity contribution in [2.45, 2.75) is 26.9 Å². The number of hydrogen-bond acceptors (Lipinski definition) is 3. The van der Waals surface area contributed by atoms with Crippen molar-refractivity contribution in [2.75, 3.05) is 13.2 Å². The zero-order chi connectivity index (χ0) is 18.1. The minimum atomic E-state index is 0.00481. The Bertz CT molecular complexity index is 910. The molecule has 0 saturated carbocycles. The monoisotopic (exact) mass is 350 g/mol. The van der Waals surface area contributed by atoms with E-state index in [1.165, 1.54) is 5.56 Å². The summed E-state index contributed by atoms with van der Waals surface area (Å²) in [6, 6.07) is 12.3. The van der Waals surface area contributed by atoms with Gasteiger partial charge in [-0.25, -0.2) is 4.68 Å². The summed E-state index contributed by atoms with van der Waals surface area (Å²) in [5.74, 6) is 0.991. The van der Waals surface area contributed by atoms with Gasteiger partial charge >= 0.3 is 0 Å². The fourth-order valence-corrected chi connectivity index (χ4v) is 3.27. The lowest BCUT2D eigenvalue weighted by Crippen LogP contribution is -2.30. The fourth-order valence-electron chi connectivity index (χ4n) is 3.27. The second kappa shape index (κ2) is 6.80. The molecule has 6 nitrogen and oxygen atoms in total. The largest absolute Gasteiger partial charge is 0.372 e. The van der Waals surface area contributed by atoms with Crippen LogP contribution in [0.15, 0.2) is 48.8 Å². The third-order valence-corrected chi connectivity index (χ3v) is 4.64. The predicted molar refractivity (Wildman–Crippen MR) is 98.4 cm³/mol. The van der Waals surface area contributed by atoms with Crippen molar-refractivity contribution in [3.05, 3.63) is 65.6 Å². The number of rotatable bonds is 5. The standard InChI is InChI=1S/C20H22N4O2/c1-3-26-14-19(25)23-12-17-18(13-23)21-24(16-8-6-15(2)7-9-16)20(17)22-10-4-5-11-22/h4-11H,3,12-14H2,1-2H3. The number of benzene rings is 1. The summed E-state index contributed by atoms with van der Waals surface area (Å²) in [5, 5.41) is 4.82. The van der Waals surface area contributed by atoms with Crippen molar-refractivity contribution >= 4 is 5.91 Å². The number of hydrogen-bond donors (Lipinski definition) is 0. The quantitative estimate of drug-likeness (QED) is 0.711. The third-order valence-electron chi connectivity index (χ3n) is 4.64. The van der Waals surface area contributed by atoms with E-state index in [-0.39, 0.29) is 12.5 Å². The summed E-state index contributed by atoms with van der Waals surface area (Å²) >= 11 is 0. The summed E-state index contributed by atoms with van der Waals surface area (Å²) in [4.78, 5) is 14.1. The maximum Gasteiger partial charge on any atom is 0.249 e. The van der Waals surface area contributed by atoms with E-state index < -0.39 is 0 Å². The van der Waals surface area contributed by atoms with Crippen LogP contribution in [0.1, 0.15) is 23.7 Å². The van der Waals surface area contributed by atoms with Gasteiger partial charge in [0, 0.05) is 24.6 Å². The van der Waals surface area contributed by atoms with Crippen LogP contribution >= 0.6 is 0 Å². The first-order valence-corrected chi connectivity index (χ1v) is 8.84. The normalized spacial score (nSPS) is 13.2. The molecule has 4 rings (SSSR count). The Balaban J connectivity index is 1.72. The number of aryl methyl sites for hydroxylation is 1. The van der Waals surface area contributed by atoms with Gasteiger partial charge in [-0.2, -0.15) is 5.10 Å². The van der Waals surface area contributed by atoms with Gasteiger partial charge in [0.25, 0.3) is 0 Å². The van der Waals surface area contributed by atoms with E-state index in [9.17, 15) is 4.79 Å². The molecule has 0 spiro atoms. The molecule has 3 heterocycles. The molecule has 6 heteroatoms. The number of amides is 1. The first kappa shape index (κ1) is 16.6. The number of aromatic nitrogens is 3. The molecule has 0 saturated heterocycles. The highest BCUT2D eigenvalue weighted by molar-refractivity contribution is 5.78. The number of carbonyl (C=O) groups excluding carboxylic acids is 1. The third kappa shape index (κ3) is 2.93. The van der Waals surface area contributed by atoms with E-state index in [0.29, 0.717) is 19.7 Å². The minimum Gasteiger partial charge on any atom is -0.372 e. The molecular formula is C20H22N4O2. The van der Waals surface area contributed by atoms with Gasteiger partial charge in [-0.1, -0.05) is 17.7 Å². The summed E-state index contributed by atoms with van der Waals surface area (Å²) in [5.41, 5.74) is 4.26. The van der Waals surface area contributed by atoms with Gasteiger partial charge in [0.1, 0.15) is 12.4 Å². The topological polar surface area (TPSA) is 52.3 Å². The molecule has 1 amide bonds. The number of nitrogens with zero attached hydrogens (tertiary/aromatic N) is 4. The van der Waals surface area contributed by atoms with E-state index in [1.54, 1.807) is 4.90 Å². The van der Waals surface area contributed by atoms with Gasteiger partial charge in [-0.15, -0.1) is 0 Å². The molecule has 1 aliphatic rings. The molecule has 1 aromatic carbocycles. The van der Waals surface area contributed by atoms with E-state index in [1.807, 2.05) is 36.1 Å². The lowest BCUT2D eigenvalue weighted by Gasteiger charge is -2.17. The number of fused-ring (bicyclic) bond motifs is 1. The van der Waals surface area contributed by atoms with Crippen LogP contribution in [0.3, 0.4) is 0 Å². The first-order chi connectivity index (χ1) is 12.7. The molecule has 0 bridgehead atoms. The molecule has 0 unspecified atom stereocenters. The minimum absolute atomic E-state index is 0.00481. The molecular weight excluding hydrogens is 328 g/mol. The molecule has 26 heavy (non-hydrogen) atoms. The molecule has 0 radical (unpaired) electrons. The fraction of sp³-hybridized carbons (Fsp3) is 0.300. The zero-order valence-corrected chi connectivity index (χ0v) is 15.1. The Kier molecular flexibility index (Phi) is 4.34. The molecule has 0 N–H and O–H groups in total. The Morgan fingerprint density at radius 1 is 1.15 bits per heavy atom. The molecule has 134 valence electrons. The van der Waals surface area contributed by atoms with E-state index in [0.717, 1.165) is 22.8 Å². The highest BCUT2D eigenvalue weighted by Gasteiger charge is 2.31. The lowest BCUT2D eigenvalue weighted by atomic mass is 10.2. The summed E-state index contributed by atoms with van der Waals surface area (Å²) in [6.45, 7) is 5.70. The van der Waals surface area contributed by atoms with Crippen molar-refractivity contribution in [1.82, 2.24) is 19.2 Å². The number of carbonyl (C=O) groups is 1. The molecule has 3 aromatic rings. The van der Waals surface area contributed by atoms with Crippen molar-refractivity contribution in [3.8, 4) is 11.5 Å². The summed E-state index contributed by atoms with van der Waals surface area (Å²) in [7, 11) is 0. The van der Waals surface area contributed by atoms with Crippen LogP contribution < -0.4 is 0 Å². The first-order valence-electron chi connectivity index (χ1n) is 8.84. The van der Waals surface area contributed by atoms with Crippen LogP contribution in [-0.4, -0.2) is 38.4 Å². The van der Waals surface area contributed by atoms with Gasteiger partial charge in [0.15, 0.2) is 0 Å². The maximum atomic E-state index is 12.3. The van der Waals surface area contributed by atoms with Crippen LogP contribution in [-0.2, 0) is 22.6 Å². The second-order valence-electron chi connectivity index (χ2n) is 6.47. The van der Waals surface area contributed by atoms with E-state index >= 15 is 0 Å². The van der Waals surface area contributed by atoms with Crippen LogP contribution in [0, 0.1) is 6.92 Å². The molecule has 1 aliphatic heterocycles. The van der Waals surface area contributed by atoms with Gasteiger partial charge in [-0.3, -0.25) is 4.79 Å². The van der Waals surface area contributed by atoms with Crippen LogP contribution in [0.2, 0.25) is 0 Å². The van der Waals surface area contributed by atoms with Gasteiger partial charge < -0.3 is 14.2 Å². The average Bonchev–Trinajstić information content (AvgIpc) is 3.35.